The number of nitrogens with two attached hydrogens (primary N) is 1. The summed E-state index contributed by atoms with van der Waals surface area (Å²) >= 11 is 0. The third-order valence-corrected chi connectivity index (χ3v) is 2.96. The number of halogens is 1. The Hall–Kier alpha value is -1.30. The molecule has 2 atom stereocenters. The van der Waals surface area contributed by atoms with Gasteiger partial charge in [0.2, 0.25) is 5.91 Å². The predicted octanol–water partition coefficient (Wildman–Crippen LogP) is 1.58. The zero-order chi connectivity index (χ0) is 15.1. The molecule has 1 aromatic rings. The first kappa shape index (κ1) is 19.7. The molecule has 0 bridgehead atoms. The van der Waals surface area contributed by atoms with Gasteiger partial charge in [-0.25, -0.2) is 0 Å². The first-order chi connectivity index (χ1) is 9.45. The van der Waals surface area contributed by atoms with Gasteiger partial charge in [-0.05, 0) is 31.9 Å². The second kappa shape index (κ2) is 9.60. The molecule has 3 N–H and O–H groups in total. The highest BCUT2D eigenvalue weighted by molar-refractivity contribution is 5.85. The second-order valence-electron chi connectivity index (χ2n) is 5.00. The maximum Gasteiger partial charge on any atom is 0.239 e. The van der Waals surface area contributed by atoms with Crippen LogP contribution in [0.3, 0.4) is 0 Å². The third kappa shape index (κ3) is 6.33. The molecule has 0 aromatic heterocycles. The summed E-state index contributed by atoms with van der Waals surface area (Å²) in [4.78, 5) is 11.7. The van der Waals surface area contributed by atoms with E-state index in [1.807, 2.05) is 39.0 Å². The number of carbonyl (C=O) groups is 1. The molecule has 1 rings (SSSR count). The zero-order valence-electron chi connectivity index (χ0n) is 13.0. The van der Waals surface area contributed by atoms with Crippen LogP contribution in [0.5, 0.6) is 5.75 Å². The highest BCUT2D eigenvalue weighted by Gasteiger charge is 2.16. The first-order valence-electron chi connectivity index (χ1n) is 6.69. The van der Waals surface area contributed by atoms with Gasteiger partial charge in [-0.3, -0.25) is 4.79 Å². The number of carbonyl (C=O) groups excluding carboxylic acids is 1. The summed E-state index contributed by atoms with van der Waals surface area (Å²) < 4.78 is 10.6. The summed E-state index contributed by atoms with van der Waals surface area (Å²) in [5.41, 5.74) is 7.82. The van der Waals surface area contributed by atoms with Crippen molar-refractivity contribution in [2.24, 2.45) is 5.73 Å². The number of para-hydroxylation sites is 1. The molecule has 0 aliphatic rings. The van der Waals surface area contributed by atoms with Crippen LogP contribution in [-0.4, -0.2) is 38.3 Å². The maximum atomic E-state index is 11.7. The molecule has 6 heteroatoms. The monoisotopic (exact) mass is 316 g/mol. The molecular weight excluding hydrogens is 292 g/mol. The number of rotatable bonds is 7. The summed E-state index contributed by atoms with van der Waals surface area (Å²) in [7, 11) is 1.51. The van der Waals surface area contributed by atoms with Gasteiger partial charge < -0.3 is 20.5 Å². The standard InChI is InChI=1S/C15H24N2O3.ClH/c1-10-6-5-7-11(2)14(10)20-8-12(3)17-15(18)13(16)9-19-4;/h5-7,12-13H,8-9,16H2,1-4H3,(H,17,18);1H. The normalized spacial score (nSPS) is 13.0. The van der Waals surface area contributed by atoms with Gasteiger partial charge >= 0.3 is 0 Å². The van der Waals surface area contributed by atoms with Gasteiger partial charge in [-0.1, -0.05) is 18.2 Å². The number of hydrogen-bond donors (Lipinski definition) is 2. The van der Waals surface area contributed by atoms with E-state index in [9.17, 15) is 4.79 Å². The number of nitrogens with one attached hydrogen (secondary N) is 1. The molecule has 0 spiro atoms. The Morgan fingerprint density at radius 2 is 1.86 bits per heavy atom. The van der Waals surface area contributed by atoms with Gasteiger partial charge in [0.15, 0.2) is 0 Å². The molecule has 1 aromatic carbocycles. The Balaban J connectivity index is 0.00000400. The van der Waals surface area contributed by atoms with Gasteiger partial charge in [0, 0.05) is 7.11 Å². The lowest BCUT2D eigenvalue weighted by molar-refractivity contribution is -0.124. The van der Waals surface area contributed by atoms with Crippen molar-refractivity contribution in [1.29, 1.82) is 0 Å². The van der Waals surface area contributed by atoms with Gasteiger partial charge in [0.05, 0.1) is 12.6 Å². The Morgan fingerprint density at radius 1 is 1.29 bits per heavy atom. The minimum absolute atomic E-state index is 0. The molecule has 0 radical (unpaired) electrons. The first-order valence-corrected chi connectivity index (χ1v) is 6.69. The van der Waals surface area contributed by atoms with Crippen molar-refractivity contribution in [3.05, 3.63) is 29.3 Å². The lowest BCUT2D eigenvalue weighted by Crippen LogP contribution is -2.48. The molecule has 0 saturated heterocycles. The second-order valence-corrected chi connectivity index (χ2v) is 5.00. The van der Waals surface area contributed by atoms with Crippen LogP contribution >= 0.6 is 12.4 Å². The van der Waals surface area contributed by atoms with E-state index in [1.54, 1.807) is 0 Å². The van der Waals surface area contributed by atoms with Crippen LogP contribution in [0, 0.1) is 13.8 Å². The largest absolute Gasteiger partial charge is 0.491 e. The minimum atomic E-state index is -0.650. The van der Waals surface area contributed by atoms with Crippen LogP contribution in [0.25, 0.3) is 0 Å². The van der Waals surface area contributed by atoms with Gasteiger partial charge in [0.25, 0.3) is 0 Å². The number of aryl methyl sites for hydroxylation is 2. The van der Waals surface area contributed by atoms with E-state index in [1.165, 1.54) is 7.11 Å². The van der Waals surface area contributed by atoms with Gasteiger partial charge in [-0.15, -0.1) is 12.4 Å². The van der Waals surface area contributed by atoms with Crippen molar-refractivity contribution in [3.8, 4) is 5.75 Å². The summed E-state index contributed by atoms with van der Waals surface area (Å²) in [6, 6.07) is 5.22. The Morgan fingerprint density at radius 3 is 2.38 bits per heavy atom. The molecule has 0 fully saturated rings. The highest BCUT2D eigenvalue weighted by Crippen LogP contribution is 2.22. The maximum absolute atomic E-state index is 11.7. The van der Waals surface area contributed by atoms with Crippen LogP contribution in [-0.2, 0) is 9.53 Å². The number of ether oxygens (including phenoxy) is 2. The molecule has 1 amide bonds. The Kier molecular flexibility index (Phi) is 9.01. The third-order valence-electron chi connectivity index (χ3n) is 2.96. The van der Waals surface area contributed by atoms with Gasteiger partial charge in [-0.2, -0.15) is 0 Å². The average molecular weight is 317 g/mol. The van der Waals surface area contributed by atoms with Crippen LogP contribution in [0.2, 0.25) is 0 Å². The SMILES string of the molecule is COCC(N)C(=O)NC(C)COc1c(C)cccc1C.Cl. The van der Waals surface area contributed by atoms with E-state index < -0.39 is 6.04 Å². The number of methoxy groups -OCH3 is 1. The molecule has 2 unspecified atom stereocenters. The summed E-state index contributed by atoms with van der Waals surface area (Å²) in [6.07, 6.45) is 0. The molecule has 0 heterocycles. The molecule has 5 nitrogen and oxygen atoms in total. The summed E-state index contributed by atoms with van der Waals surface area (Å²) in [5.74, 6) is 0.638. The van der Waals surface area contributed by atoms with Crippen LogP contribution < -0.4 is 15.8 Å². The topological polar surface area (TPSA) is 73.6 Å². The van der Waals surface area contributed by atoms with Crippen molar-refractivity contribution in [2.45, 2.75) is 32.9 Å². The molecule has 0 saturated carbocycles. The number of benzene rings is 1. The van der Waals surface area contributed by atoms with Crippen molar-refractivity contribution >= 4 is 18.3 Å². The van der Waals surface area contributed by atoms with Gasteiger partial charge in [0.1, 0.15) is 18.4 Å². The van der Waals surface area contributed by atoms with E-state index in [0.29, 0.717) is 6.61 Å². The van der Waals surface area contributed by atoms with E-state index in [0.717, 1.165) is 16.9 Å². The Labute approximate surface area is 132 Å². The van der Waals surface area contributed by atoms with Crippen molar-refractivity contribution in [2.75, 3.05) is 20.3 Å². The molecule has 21 heavy (non-hydrogen) atoms. The fraction of sp³-hybridized carbons (Fsp3) is 0.533. The van der Waals surface area contributed by atoms with Crippen molar-refractivity contribution in [3.63, 3.8) is 0 Å². The zero-order valence-corrected chi connectivity index (χ0v) is 13.8. The molecular formula is C15H25ClN2O3. The fourth-order valence-electron chi connectivity index (χ4n) is 1.88. The Bertz CT molecular complexity index is 434. The summed E-state index contributed by atoms with van der Waals surface area (Å²) in [5, 5.41) is 2.80. The number of amides is 1. The van der Waals surface area contributed by atoms with E-state index in [-0.39, 0.29) is 31.0 Å². The lowest BCUT2D eigenvalue weighted by atomic mass is 10.1. The quantitative estimate of drug-likeness (QED) is 0.801. The van der Waals surface area contributed by atoms with Crippen LogP contribution in [0.4, 0.5) is 0 Å². The molecule has 120 valence electrons. The van der Waals surface area contributed by atoms with E-state index in [4.69, 9.17) is 15.2 Å². The average Bonchev–Trinajstić information content (AvgIpc) is 2.38. The van der Waals surface area contributed by atoms with Crippen molar-refractivity contribution < 1.29 is 14.3 Å². The lowest BCUT2D eigenvalue weighted by Gasteiger charge is -2.19. The van der Waals surface area contributed by atoms with E-state index >= 15 is 0 Å². The fourth-order valence-corrected chi connectivity index (χ4v) is 1.88. The van der Waals surface area contributed by atoms with Crippen molar-refractivity contribution in [1.82, 2.24) is 5.32 Å². The molecule has 0 aliphatic carbocycles. The van der Waals surface area contributed by atoms with Crippen LogP contribution in [0.15, 0.2) is 18.2 Å². The minimum Gasteiger partial charge on any atom is -0.491 e. The number of hydrogen-bond acceptors (Lipinski definition) is 4. The summed E-state index contributed by atoms with van der Waals surface area (Å²) in [6.45, 7) is 6.48. The molecule has 0 aliphatic heterocycles. The smallest absolute Gasteiger partial charge is 0.239 e. The highest BCUT2D eigenvalue weighted by atomic mass is 35.5. The van der Waals surface area contributed by atoms with Crippen LogP contribution in [0.1, 0.15) is 18.1 Å². The predicted molar refractivity (Wildman–Crippen MR) is 86.1 cm³/mol. The van der Waals surface area contributed by atoms with E-state index in [2.05, 4.69) is 5.32 Å².